The molecular formula is C25H24O11. The smallest absolute Gasteiger partial charge is 0.303 e. The number of fused-ring (bicyclic) bond motifs is 1. The van der Waals surface area contributed by atoms with Gasteiger partial charge in [-0.1, -0.05) is 0 Å². The van der Waals surface area contributed by atoms with Crippen molar-refractivity contribution in [1.29, 1.82) is 0 Å². The lowest BCUT2D eigenvalue weighted by Crippen LogP contribution is -2.54. The summed E-state index contributed by atoms with van der Waals surface area (Å²) in [5.41, 5.74) is -0.579. The van der Waals surface area contributed by atoms with Crippen LogP contribution in [0.5, 0.6) is 23.0 Å². The Morgan fingerprint density at radius 3 is 2.19 bits per heavy atom. The van der Waals surface area contributed by atoms with Crippen LogP contribution in [0.15, 0.2) is 45.6 Å². The van der Waals surface area contributed by atoms with E-state index in [1.807, 2.05) is 0 Å². The number of aliphatic hydroxyl groups excluding tert-OH is 1. The number of hydrogen-bond donors (Lipinski definition) is 4. The summed E-state index contributed by atoms with van der Waals surface area (Å²) in [5, 5.41) is 40.5. The molecule has 190 valence electrons. The van der Waals surface area contributed by atoms with Gasteiger partial charge in [-0.15, -0.1) is 0 Å². The highest BCUT2D eigenvalue weighted by Gasteiger charge is 2.44. The molecule has 4 rings (SSSR count). The summed E-state index contributed by atoms with van der Waals surface area (Å²) in [7, 11) is 0. The van der Waals surface area contributed by atoms with Gasteiger partial charge in [0.2, 0.25) is 11.2 Å². The van der Waals surface area contributed by atoms with Crippen LogP contribution >= 0.6 is 0 Å². The standard InChI is InChI=1S/C25H24O11/c1-11(26)33-18-8-7-17(21(31)24(18)34-12(2)27)35-25-22(32)20-16(30)9-15(29)10-19(20)36-23(25)13-3-5-14(28)6-4-13/h3-6,9-10,17-18,21,24,28-31H,7-8H2,1-2H3/t17-,18+,21+,24-/m1/s1. The highest BCUT2D eigenvalue weighted by atomic mass is 16.6. The molecule has 1 aromatic heterocycles. The van der Waals surface area contributed by atoms with Crippen LogP contribution in [0.3, 0.4) is 0 Å². The molecule has 0 aliphatic heterocycles. The Morgan fingerprint density at radius 2 is 1.56 bits per heavy atom. The Labute approximate surface area is 204 Å². The highest BCUT2D eigenvalue weighted by Crippen LogP contribution is 2.38. The van der Waals surface area contributed by atoms with E-state index in [4.69, 9.17) is 18.6 Å². The second kappa shape index (κ2) is 9.78. The van der Waals surface area contributed by atoms with Gasteiger partial charge in [-0.2, -0.15) is 0 Å². The van der Waals surface area contributed by atoms with Gasteiger partial charge >= 0.3 is 11.9 Å². The average molecular weight is 500 g/mol. The molecule has 0 bridgehead atoms. The minimum Gasteiger partial charge on any atom is -0.508 e. The third-order valence-corrected chi connectivity index (χ3v) is 5.76. The van der Waals surface area contributed by atoms with Gasteiger partial charge in [-0.25, -0.2) is 0 Å². The number of benzene rings is 2. The third-order valence-electron chi connectivity index (χ3n) is 5.76. The molecule has 11 heteroatoms. The first kappa shape index (κ1) is 24.9. The van der Waals surface area contributed by atoms with Crippen LogP contribution in [0.4, 0.5) is 0 Å². The van der Waals surface area contributed by atoms with Gasteiger partial charge in [0.05, 0.1) is 0 Å². The molecule has 3 aromatic rings. The number of phenols is 3. The van der Waals surface area contributed by atoms with Crippen LogP contribution in [0.1, 0.15) is 26.7 Å². The molecule has 1 heterocycles. The number of ether oxygens (including phenoxy) is 3. The molecule has 11 nitrogen and oxygen atoms in total. The third kappa shape index (κ3) is 4.91. The minimum absolute atomic E-state index is 0.0388. The van der Waals surface area contributed by atoms with E-state index >= 15 is 0 Å². The van der Waals surface area contributed by atoms with Gasteiger partial charge in [0, 0.05) is 31.5 Å². The van der Waals surface area contributed by atoms with Crippen molar-refractivity contribution in [1.82, 2.24) is 0 Å². The van der Waals surface area contributed by atoms with E-state index in [-0.39, 0.29) is 46.8 Å². The number of esters is 2. The van der Waals surface area contributed by atoms with Gasteiger partial charge in [0.15, 0.2) is 11.9 Å². The summed E-state index contributed by atoms with van der Waals surface area (Å²) in [6.45, 7) is 2.33. The maximum absolute atomic E-state index is 13.5. The van der Waals surface area contributed by atoms with Gasteiger partial charge in [0.1, 0.15) is 46.5 Å². The minimum atomic E-state index is -1.48. The van der Waals surface area contributed by atoms with Gasteiger partial charge in [-0.3, -0.25) is 14.4 Å². The number of phenolic OH excluding ortho intramolecular Hbond substituents is 3. The first-order valence-electron chi connectivity index (χ1n) is 11.1. The Morgan fingerprint density at radius 1 is 0.917 bits per heavy atom. The van der Waals surface area contributed by atoms with Crippen molar-refractivity contribution in [2.24, 2.45) is 0 Å². The summed E-state index contributed by atoms with van der Waals surface area (Å²) in [6, 6.07) is 7.77. The van der Waals surface area contributed by atoms with Crippen LogP contribution in [-0.4, -0.2) is 56.8 Å². The van der Waals surface area contributed by atoms with Crippen LogP contribution < -0.4 is 10.2 Å². The summed E-state index contributed by atoms with van der Waals surface area (Å²) >= 11 is 0. The Bertz CT molecular complexity index is 1360. The van der Waals surface area contributed by atoms with Gasteiger partial charge in [-0.05, 0) is 37.1 Å². The van der Waals surface area contributed by atoms with E-state index in [0.717, 1.165) is 19.1 Å². The molecule has 1 aliphatic carbocycles. The van der Waals surface area contributed by atoms with Crippen molar-refractivity contribution in [2.75, 3.05) is 0 Å². The Hall–Kier alpha value is -4.25. The molecule has 4 atom stereocenters. The van der Waals surface area contributed by atoms with Crippen molar-refractivity contribution in [3.05, 3.63) is 46.6 Å². The molecule has 0 amide bonds. The van der Waals surface area contributed by atoms with Crippen molar-refractivity contribution in [3.63, 3.8) is 0 Å². The van der Waals surface area contributed by atoms with Crippen molar-refractivity contribution in [3.8, 4) is 34.3 Å². The molecule has 4 N–H and O–H groups in total. The predicted octanol–water partition coefficient (Wildman–Crippen LogP) is 2.34. The van der Waals surface area contributed by atoms with E-state index in [1.165, 1.54) is 31.2 Å². The lowest BCUT2D eigenvalue weighted by Gasteiger charge is -2.38. The zero-order chi connectivity index (χ0) is 26.1. The summed E-state index contributed by atoms with van der Waals surface area (Å²) < 4.78 is 22.2. The molecule has 1 aliphatic rings. The molecule has 1 fully saturated rings. The van der Waals surface area contributed by atoms with E-state index < -0.39 is 47.5 Å². The van der Waals surface area contributed by atoms with Crippen LogP contribution in [0, 0.1) is 0 Å². The van der Waals surface area contributed by atoms with Crippen molar-refractivity contribution in [2.45, 2.75) is 51.1 Å². The normalized spacial score (nSPS) is 21.6. The topological polar surface area (TPSA) is 173 Å². The molecule has 36 heavy (non-hydrogen) atoms. The van der Waals surface area contributed by atoms with E-state index in [2.05, 4.69) is 0 Å². The second-order valence-electron chi connectivity index (χ2n) is 8.42. The number of carbonyl (C=O) groups excluding carboxylic acids is 2. The lowest BCUT2D eigenvalue weighted by molar-refractivity contribution is -0.190. The predicted molar refractivity (Wildman–Crippen MR) is 124 cm³/mol. The fraction of sp³-hybridized carbons (Fsp3) is 0.320. The van der Waals surface area contributed by atoms with E-state index in [9.17, 15) is 34.8 Å². The number of aliphatic hydroxyl groups is 1. The number of carbonyl (C=O) groups is 2. The van der Waals surface area contributed by atoms with Crippen LogP contribution in [-0.2, 0) is 19.1 Å². The number of hydrogen-bond acceptors (Lipinski definition) is 11. The summed E-state index contributed by atoms with van der Waals surface area (Å²) in [6.07, 6.45) is -4.46. The van der Waals surface area contributed by atoms with Crippen molar-refractivity contribution < 1.29 is 48.6 Å². The molecule has 2 aromatic carbocycles. The fourth-order valence-electron chi connectivity index (χ4n) is 4.23. The first-order valence-corrected chi connectivity index (χ1v) is 11.1. The average Bonchev–Trinajstić information content (AvgIpc) is 2.79. The Kier molecular flexibility index (Phi) is 6.75. The lowest BCUT2D eigenvalue weighted by atomic mass is 9.89. The summed E-state index contributed by atoms with van der Waals surface area (Å²) in [4.78, 5) is 36.6. The maximum Gasteiger partial charge on any atom is 0.303 e. The molecule has 0 spiro atoms. The second-order valence-corrected chi connectivity index (χ2v) is 8.42. The van der Waals surface area contributed by atoms with Gasteiger partial charge in [0.25, 0.3) is 0 Å². The summed E-state index contributed by atoms with van der Waals surface area (Å²) in [5.74, 6) is -2.69. The van der Waals surface area contributed by atoms with Crippen molar-refractivity contribution >= 4 is 22.9 Å². The molecule has 0 radical (unpaired) electrons. The zero-order valence-electron chi connectivity index (χ0n) is 19.3. The largest absolute Gasteiger partial charge is 0.508 e. The van der Waals surface area contributed by atoms with E-state index in [1.54, 1.807) is 0 Å². The van der Waals surface area contributed by atoms with Gasteiger partial charge < -0.3 is 39.1 Å². The highest BCUT2D eigenvalue weighted by molar-refractivity contribution is 5.88. The molecular weight excluding hydrogens is 476 g/mol. The molecule has 1 saturated carbocycles. The van der Waals surface area contributed by atoms with E-state index in [0.29, 0.717) is 5.56 Å². The quantitative estimate of drug-likeness (QED) is 0.379. The maximum atomic E-state index is 13.5. The molecule has 0 unspecified atom stereocenters. The first-order chi connectivity index (χ1) is 17.0. The van der Waals surface area contributed by atoms with Crippen LogP contribution in [0.2, 0.25) is 0 Å². The fourth-order valence-corrected chi connectivity index (χ4v) is 4.23. The number of aromatic hydroxyl groups is 3. The van der Waals surface area contributed by atoms with Crippen LogP contribution in [0.25, 0.3) is 22.3 Å². The number of rotatable bonds is 5. The monoisotopic (exact) mass is 500 g/mol. The Balaban J connectivity index is 1.80. The zero-order valence-corrected chi connectivity index (χ0v) is 19.3. The SMILES string of the molecule is CC(=O)O[C@H]1[C@@H](O)[C@H](Oc2c(-c3ccc(O)cc3)oc3cc(O)cc(O)c3c2=O)CC[C@@H]1OC(C)=O. The molecule has 0 saturated heterocycles.